The number of benzene rings is 1. The number of aryl methyl sites for hydroxylation is 1. The van der Waals surface area contributed by atoms with Crippen LogP contribution in [0, 0.1) is 6.92 Å². The number of hydrogen-bond donors (Lipinski definition) is 2. The molecule has 0 atom stereocenters. The molecule has 19 heavy (non-hydrogen) atoms. The summed E-state index contributed by atoms with van der Waals surface area (Å²) in [6, 6.07) is 10.1. The molecule has 4 heteroatoms. The van der Waals surface area contributed by atoms with Gasteiger partial charge >= 0.3 is 0 Å². The number of nitrogens with two attached hydrogens (primary N) is 2. The predicted molar refractivity (Wildman–Crippen MR) is 78.1 cm³/mol. The molecule has 100 valence electrons. The minimum absolute atomic E-state index is 0.518. The quantitative estimate of drug-likeness (QED) is 0.880. The lowest BCUT2D eigenvalue weighted by Gasteiger charge is -2.10. The lowest BCUT2D eigenvalue weighted by Crippen LogP contribution is -2.02. The summed E-state index contributed by atoms with van der Waals surface area (Å²) in [6.07, 6.45) is 0.880. The molecule has 0 radical (unpaired) electrons. The van der Waals surface area contributed by atoms with Gasteiger partial charge in [0, 0.05) is 5.56 Å². The molecular weight excluding hydrogens is 238 g/mol. The molecule has 1 heterocycles. The number of anilines is 1. The molecule has 0 aliphatic carbocycles. The van der Waals surface area contributed by atoms with Crippen LogP contribution in [0.1, 0.15) is 11.3 Å². The van der Waals surface area contributed by atoms with Crippen LogP contribution in [0.4, 0.5) is 5.82 Å². The number of hydrogen-bond acceptors (Lipinski definition) is 4. The molecule has 0 aliphatic rings. The van der Waals surface area contributed by atoms with Crippen molar-refractivity contribution in [3.8, 4) is 16.9 Å². The summed E-state index contributed by atoms with van der Waals surface area (Å²) in [5, 5.41) is 0. The fourth-order valence-corrected chi connectivity index (χ4v) is 2.06. The van der Waals surface area contributed by atoms with Crippen molar-refractivity contribution < 1.29 is 4.74 Å². The SMILES string of the molecule is COc1cc(-c2ccc(CCN)cc2)c(N)nc1C. The van der Waals surface area contributed by atoms with Crippen molar-refractivity contribution in [2.75, 3.05) is 19.4 Å². The Morgan fingerprint density at radius 2 is 1.89 bits per heavy atom. The maximum absolute atomic E-state index is 5.99. The third-order valence-electron chi connectivity index (χ3n) is 3.11. The Bertz CT molecular complexity index is 564. The van der Waals surface area contributed by atoms with Crippen LogP contribution < -0.4 is 16.2 Å². The summed E-state index contributed by atoms with van der Waals surface area (Å²) in [5.74, 6) is 1.26. The summed E-state index contributed by atoms with van der Waals surface area (Å²) < 4.78 is 5.29. The molecular formula is C15H19N3O. The van der Waals surface area contributed by atoms with Crippen LogP contribution in [0.15, 0.2) is 30.3 Å². The Morgan fingerprint density at radius 3 is 2.47 bits per heavy atom. The molecule has 1 aromatic heterocycles. The fraction of sp³-hybridized carbons (Fsp3) is 0.267. The van der Waals surface area contributed by atoms with Gasteiger partial charge in [0.15, 0.2) is 0 Å². The molecule has 0 bridgehead atoms. The van der Waals surface area contributed by atoms with E-state index < -0.39 is 0 Å². The van der Waals surface area contributed by atoms with E-state index in [1.54, 1.807) is 7.11 Å². The van der Waals surface area contributed by atoms with E-state index in [0.29, 0.717) is 12.4 Å². The second-order valence-electron chi connectivity index (χ2n) is 4.44. The van der Waals surface area contributed by atoms with Gasteiger partial charge in [-0.2, -0.15) is 0 Å². The van der Waals surface area contributed by atoms with Gasteiger partial charge in [-0.1, -0.05) is 24.3 Å². The molecule has 0 aliphatic heterocycles. The van der Waals surface area contributed by atoms with Crippen molar-refractivity contribution in [2.45, 2.75) is 13.3 Å². The Kier molecular flexibility index (Phi) is 4.02. The first-order chi connectivity index (χ1) is 9.15. The predicted octanol–water partition coefficient (Wildman–Crippen LogP) is 2.15. The first-order valence-electron chi connectivity index (χ1n) is 6.26. The molecule has 0 saturated heterocycles. The number of aromatic nitrogens is 1. The van der Waals surface area contributed by atoms with E-state index in [1.807, 2.05) is 25.1 Å². The summed E-state index contributed by atoms with van der Waals surface area (Å²) in [6.45, 7) is 2.53. The maximum atomic E-state index is 5.99. The van der Waals surface area contributed by atoms with E-state index in [9.17, 15) is 0 Å². The van der Waals surface area contributed by atoms with Crippen molar-refractivity contribution in [1.82, 2.24) is 4.98 Å². The molecule has 1 aromatic carbocycles. The Hall–Kier alpha value is -2.07. The normalized spacial score (nSPS) is 10.5. The van der Waals surface area contributed by atoms with Gasteiger partial charge in [0.25, 0.3) is 0 Å². The smallest absolute Gasteiger partial charge is 0.140 e. The summed E-state index contributed by atoms with van der Waals surface area (Å²) in [4.78, 5) is 4.31. The second kappa shape index (κ2) is 5.71. The van der Waals surface area contributed by atoms with Gasteiger partial charge < -0.3 is 16.2 Å². The van der Waals surface area contributed by atoms with Gasteiger partial charge in [-0.15, -0.1) is 0 Å². The van der Waals surface area contributed by atoms with Gasteiger partial charge in [-0.05, 0) is 37.1 Å². The van der Waals surface area contributed by atoms with Crippen LogP contribution in [-0.2, 0) is 6.42 Å². The zero-order valence-electron chi connectivity index (χ0n) is 11.3. The van der Waals surface area contributed by atoms with Crippen LogP contribution in [0.2, 0.25) is 0 Å². The largest absolute Gasteiger partial charge is 0.495 e. The monoisotopic (exact) mass is 257 g/mol. The van der Waals surface area contributed by atoms with Crippen molar-refractivity contribution in [3.63, 3.8) is 0 Å². The zero-order valence-corrected chi connectivity index (χ0v) is 11.3. The topological polar surface area (TPSA) is 74.2 Å². The molecule has 0 spiro atoms. The molecule has 2 rings (SSSR count). The first-order valence-corrected chi connectivity index (χ1v) is 6.26. The van der Waals surface area contributed by atoms with E-state index in [2.05, 4.69) is 17.1 Å². The van der Waals surface area contributed by atoms with Gasteiger partial charge in [0.1, 0.15) is 11.6 Å². The van der Waals surface area contributed by atoms with Crippen molar-refractivity contribution in [3.05, 3.63) is 41.6 Å². The lowest BCUT2D eigenvalue weighted by molar-refractivity contribution is 0.409. The summed E-state index contributed by atoms with van der Waals surface area (Å²) in [7, 11) is 1.63. The second-order valence-corrected chi connectivity index (χ2v) is 4.44. The van der Waals surface area contributed by atoms with E-state index in [4.69, 9.17) is 16.2 Å². The van der Waals surface area contributed by atoms with Gasteiger partial charge in [0.2, 0.25) is 0 Å². The van der Waals surface area contributed by atoms with Crippen molar-refractivity contribution in [2.24, 2.45) is 5.73 Å². The maximum Gasteiger partial charge on any atom is 0.140 e. The molecule has 4 N–H and O–H groups in total. The van der Waals surface area contributed by atoms with Crippen LogP contribution in [0.3, 0.4) is 0 Å². The van der Waals surface area contributed by atoms with Gasteiger partial charge in [0.05, 0.1) is 12.8 Å². The van der Waals surface area contributed by atoms with E-state index in [1.165, 1.54) is 5.56 Å². The van der Waals surface area contributed by atoms with Crippen LogP contribution in [0.5, 0.6) is 5.75 Å². The molecule has 0 fully saturated rings. The van der Waals surface area contributed by atoms with E-state index in [-0.39, 0.29) is 0 Å². The third-order valence-corrected chi connectivity index (χ3v) is 3.11. The van der Waals surface area contributed by atoms with Crippen LogP contribution >= 0.6 is 0 Å². The highest BCUT2D eigenvalue weighted by Gasteiger charge is 2.09. The highest BCUT2D eigenvalue weighted by atomic mass is 16.5. The van der Waals surface area contributed by atoms with Crippen LogP contribution in [0.25, 0.3) is 11.1 Å². The minimum atomic E-state index is 0.518. The number of rotatable bonds is 4. The number of nitrogens with zero attached hydrogens (tertiary/aromatic N) is 1. The molecule has 0 amide bonds. The third kappa shape index (κ3) is 2.85. The highest BCUT2D eigenvalue weighted by Crippen LogP contribution is 2.30. The molecule has 0 unspecified atom stereocenters. The van der Waals surface area contributed by atoms with Gasteiger partial charge in [-0.25, -0.2) is 4.98 Å². The Labute approximate surface area is 113 Å². The molecule has 0 saturated carbocycles. The van der Waals surface area contributed by atoms with Gasteiger partial charge in [-0.3, -0.25) is 0 Å². The summed E-state index contributed by atoms with van der Waals surface area (Å²) in [5.41, 5.74) is 15.5. The lowest BCUT2D eigenvalue weighted by atomic mass is 10.0. The number of nitrogen functional groups attached to an aromatic ring is 1. The van der Waals surface area contributed by atoms with E-state index >= 15 is 0 Å². The van der Waals surface area contributed by atoms with E-state index in [0.717, 1.165) is 29.0 Å². The number of pyridine rings is 1. The first kappa shape index (κ1) is 13.4. The van der Waals surface area contributed by atoms with Crippen LogP contribution in [-0.4, -0.2) is 18.6 Å². The standard InChI is InChI=1S/C15H19N3O/c1-10-14(19-2)9-13(15(17)18-10)12-5-3-11(4-6-12)7-8-16/h3-6,9H,7-8,16H2,1-2H3,(H2,17,18). The Morgan fingerprint density at radius 1 is 1.21 bits per heavy atom. The zero-order chi connectivity index (χ0) is 13.8. The van der Waals surface area contributed by atoms with Crippen molar-refractivity contribution >= 4 is 5.82 Å². The molecule has 4 nitrogen and oxygen atoms in total. The average Bonchev–Trinajstić information content (AvgIpc) is 2.41. The minimum Gasteiger partial charge on any atom is -0.495 e. The fourth-order valence-electron chi connectivity index (χ4n) is 2.06. The van der Waals surface area contributed by atoms with Crippen molar-refractivity contribution in [1.29, 1.82) is 0 Å². The molecule has 2 aromatic rings. The summed E-state index contributed by atoms with van der Waals surface area (Å²) >= 11 is 0. The highest BCUT2D eigenvalue weighted by molar-refractivity contribution is 5.75. The Balaban J connectivity index is 2.40. The number of ether oxygens (including phenoxy) is 1. The average molecular weight is 257 g/mol. The number of methoxy groups -OCH3 is 1.